The number of pyridine rings is 1. The van der Waals surface area contributed by atoms with Crippen LogP contribution in [0, 0.1) is 6.92 Å². The van der Waals surface area contributed by atoms with Gasteiger partial charge in [0, 0.05) is 11.9 Å². The molecule has 0 fully saturated rings. The zero-order chi connectivity index (χ0) is 13.9. The SMILES string of the molecule is COc1ccc(NC2CCCc3cccnc32)cc1C. The van der Waals surface area contributed by atoms with Crippen molar-refractivity contribution in [2.45, 2.75) is 32.2 Å². The zero-order valence-corrected chi connectivity index (χ0v) is 12.0. The lowest BCUT2D eigenvalue weighted by Gasteiger charge is -2.26. The van der Waals surface area contributed by atoms with Crippen molar-refractivity contribution in [2.75, 3.05) is 12.4 Å². The van der Waals surface area contributed by atoms with Crippen LogP contribution >= 0.6 is 0 Å². The number of nitrogens with zero attached hydrogens (tertiary/aromatic N) is 1. The van der Waals surface area contributed by atoms with Crippen LogP contribution in [0.1, 0.15) is 35.7 Å². The molecule has 0 aliphatic heterocycles. The van der Waals surface area contributed by atoms with Crippen LogP contribution in [0.5, 0.6) is 5.75 Å². The molecule has 0 radical (unpaired) electrons. The topological polar surface area (TPSA) is 34.1 Å². The monoisotopic (exact) mass is 268 g/mol. The molecule has 20 heavy (non-hydrogen) atoms. The van der Waals surface area contributed by atoms with Gasteiger partial charge in [0.25, 0.3) is 0 Å². The van der Waals surface area contributed by atoms with Crippen molar-refractivity contribution in [3.63, 3.8) is 0 Å². The van der Waals surface area contributed by atoms with Crippen molar-refractivity contribution in [1.82, 2.24) is 4.98 Å². The van der Waals surface area contributed by atoms with E-state index in [1.165, 1.54) is 17.7 Å². The van der Waals surface area contributed by atoms with E-state index in [0.717, 1.165) is 29.8 Å². The van der Waals surface area contributed by atoms with Crippen molar-refractivity contribution in [3.05, 3.63) is 53.3 Å². The Morgan fingerprint density at radius 1 is 1.30 bits per heavy atom. The molecule has 1 aromatic heterocycles. The third-order valence-corrected chi connectivity index (χ3v) is 3.93. The number of fused-ring (bicyclic) bond motifs is 1. The molecule has 0 saturated heterocycles. The molecule has 3 nitrogen and oxygen atoms in total. The van der Waals surface area contributed by atoms with Crippen molar-refractivity contribution < 1.29 is 4.74 Å². The number of ether oxygens (including phenoxy) is 1. The number of benzene rings is 1. The van der Waals surface area contributed by atoms with Gasteiger partial charge in [-0.15, -0.1) is 0 Å². The van der Waals surface area contributed by atoms with E-state index in [9.17, 15) is 0 Å². The summed E-state index contributed by atoms with van der Waals surface area (Å²) in [6, 6.07) is 10.8. The van der Waals surface area contributed by atoms with E-state index in [0.29, 0.717) is 6.04 Å². The Labute approximate surface area is 120 Å². The Kier molecular flexibility index (Phi) is 3.59. The maximum absolute atomic E-state index is 5.31. The summed E-state index contributed by atoms with van der Waals surface area (Å²) in [5.74, 6) is 0.928. The summed E-state index contributed by atoms with van der Waals surface area (Å²) in [6.45, 7) is 2.07. The van der Waals surface area contributed by atoms with Crippen molar-refractivity contribution >= 4 is 5.69 Å². The average Bonchev–Trinajstić information content (AvgIpc) is 2.48. The standard InChI is InChI=1S/C17H20N2O/c1-12-11-14(8-9-16(12)20-2)19-15-7-3-5-13-6-4-10-18-17(13)15/h4,6,8-11,15,19H,3,5,7H2,1-2H3. The van der Waals surface area contributed by atoms with Crippen molar-refractivity contribution in [2.24, 2.45) is 0 Å². The highest BCUT2D eigenvalue weighted by molar-refractivity contribution is 5.52. The van der Waals surface area contributed by atoms with E-state index in [2.05, 4.69) is 35.4 Å². The molecule has 1 N–H and O–H groups in total. The minimum absolute atomic E-state index is 0.313. The summed E-state index contributed by atoms with van der Waals surface area (Å²) >= 11 is 0. The van der Waals surface area contributed by atoms with E-state index in [-0.39, 0.29) is 0 Å². The first-order chi connectivity index (χ1) is 9.78. The molecule has 0 bridgehead atoms. The second-order valence-electron chi connectivity index (χ2n) is 5.32. The molecule has 1 aliphatic rings. The number of methoxy groups -OCH3 is 1. The van der Waals surface area contributed by atoms with Gasteiger partial charge in [0.2, 0.25) is 0 Å². The van der Waals surface area contributed by atoms with Gasteiger partial charge in [0.05, 0.1) is 18.8 Å². The summed E-state index contributed by atoms with van der Waals surface area (Å²) in [6.07, 6.45) is 5.38. The predicted octanol–water partition coefficient (Wildman–Crippen LogP) is 3.89. The third kappa shape index (κ3) is 2.48. The van der Waals surface area contributed by atoms with Crippen molar-refractivity contribution in [1.29, 1.82) is 0 Å². The molecule has 0 amide bonds. The smallest absolute Gasteiger partial charge is 0.121 e. The van der Waals surface area contributed by atoms with E-state index < -0.39 is 0 Å². The quantitative estimate of drug-likeness (QED) is 0.917. The minimum atomic E-state index is 0.313. The molecule has 3 heteroatoms. The first-order valence-corrected chi connectivity index (χ1v) is 7.13. The van der Waals surface area contributed by atoms with Gasteiger partial charge in [-0.1, -0.05) is 6.07 Å². The first kappa shape index (κ1) is 13.0. The number of rotatable bonds is 3. The Hall–Kier alpha value is -2.03. The normalized spacial score (nSPS) is 17.4. The number of nitrogens with one attached hydrogen (secondary N) is 1. The molecule has 3 rings (SSSR count). The summed E-state index contributed by atoms with van der Waals surface area (Å²) in [4.78, 5) is 4.57. The maximum atomic E-state index is 5.31. The fraction of sp³-hybridized carbons (Fsp3) is 0.353. The van der Waals surface area contributed by atoms with Crippen LogP contribution in [0.15, 0.2) is 36.5 Å². The molecule has 2 aromatic rings. The Morgan fingerprint density at radius 2 is 2.20 bits per heavy atom. The van der Waals surface area contributed by atoms with Gasteiger partial charge >= 0.3 is 0 Å². The van der Waals surface area contributed by atoms with Gasteiger partial charge in [0.1, 0.15) is 5.75 Å². The fourth-order valence-corrected chi connectivity index (χ4v) is 2.92. The van der Waals surface area contributed by atoms with Crippen molar-refractivity contribution in [3.8, 4) is 5.75 Å². The summed E-state index contributed by atoms with van der Waals surface area (Å²) in [5.41, 5.74) is 4.86. The predicted molar refractivity (Wildman–Crippen MR) is 81.3 cm³/mol. The molecule has 0 saturated carbocycles. The first-order valence-electron chi connectivity index (χ1n) is 7.13. The number of hydrogen-bond donors (Lipinski definition) is 1. The van der Waals surface area contributed by atoms with Gasteiger partial charge in [-0.05, 0) is 61.6 Å². The number of anilines is 1. The highest BCUT2D eigenvalue weighted by atomic mass is 16.5. The van der Waals surface area contributed by atoms with E-state index in [1.54, 1.807) is 7.11 Å². The zero-order valence-electron chi connectivity index (χ0n) is 12.0. The van der Waals surface area contributed by atoms with Gasteiger partial charge in [-0.3, -0.25) is 4.98 Å². The van der Waals surface area contributed by atoms with Gasteiger partial charge < -0.3 is 10.1 Å². The van der Waals surface area contributed by atoms with E-state index in [4.69, 9.17) is 4.74 Å². The highest BCUT2D eigenvalue weighted by Crippen LogP contribution is 2.32. The molecule has 1 heterocycles. The largest absolute Gasteiger partial charge is 0.496 e. The van der Waals surface area contributed by atoms with Crippen LogP contribution in [-0.2, 0) is 6.42 Å². The Morgan fingerprint density at radius 3 is 3.00 bits per heavy atom. The lowest BCUT2D eigenvalue weighted by Crippen LogP contribution is -2.18. The van der Waals surface area contributed by atoms with Crippen LogP contribution in [0.2, 0.25) is 0 Å². The number of aryl methyl sites for hydroxylation is 2. The minimum Gasteiger partial charge on any atom is -0.496 e. The summed E-state index contributed by atoms with van der Waals surface area (Å²) in [7, 11) is 1.71. The molecule has 0 spiro atoms. The average molecular weight is 268 g/mol. The molecule has 1 atom stereocenters. The lowest BCUT2D eigenvalue weighted by molar-refractivity contribution is 0.411. The summed E-state index contributed by atoms with van der Waals surface area (Å²) < 4.78 is 5.31. The second-order valence-corrected chi connectivity index (χ2v) is 5.32. The molecule has 104 valence electrons. The molecular weight excluding hydrogens is 248 g/mol. The lowest BCUT2D eigenvalue weighted by atomic mass is 9.91. The Balaban J connectivity index is 1.84. The Bertz CT molecular complexity index is 610. The van der Waals surface area contributed by atoms with Crippen LogP contribution < -0.4 is 10.1 Å². The second kappa shape index (κ2) is 5.53. The van der Waals surface area contributed by atoms with Gasteiger partial charge in [-0.25, -0.2) is 0 Å². The van der Waals surface area contributed by atoms with Crippen LogP contribution in [0.4, 0.5) is 5.69 Å². The molecule has 1 aromatic carbocycles. The summed E-state index contributed by atoms with van der Waals surface area (Å²) in [5, 5.41) is 3.61. The number of aromatic nitrogens is 1. The highest BCUT2D eigenvalue weighted by Gasteiger charge is 2.21. The van der Waals surface area contributed by atoms with Gasteiger partial charge in [-0.2, -0.15) is 0 Å². The van der Waals surface area contributed by atoms with E-state index in [1.807, 2.05) is 18.3 Å². The van der Waals surface area contributed by atoms with E-state index >= 15 is 0 Å². The molecule has 1 aliphatic carbocycles. The third-order valence-electron chi connectivity index (χ3n) is 3.93. The number of hydrogen-bond acceptors (Lipinski definition) is 3. The van der Waals surface area contributed by atoms with Crippen LogP contribution in [-0.4, -0.2) is 12.1 Å². The van der Waals surface area contributed by atoms with Crippen LogP contribution in [0.3, 0.4) is 0 Å². The molecular formula is C17H20N2O. The molecule has 1 unspecified atom stereocenters. The van der Waals surface area contributed by atoms with Crippen LogP contribution in [0.25, 0.3) is 0 Å². The maximum Gasteiger partial charge on any atom is 0.121 e. The fourth-order valence-electron chi connectivity index (χ4n) is 2.92. The van der Waals surface area contributed by atoms with Gasteiger partial charge in [0.15, 0.2) is 0 Å².